The van der Waals surface area contributed by atoms with Crippen molar-refractivity contribution >= 4 is 0 Å². The average Bonchev–Trinajstić information content (AvgIpc) is 3.25. The smallest absolute Gasteiger partial charge is 0.0605 e. The summed E-state index contributed by atoms with van der Waals surface area (Å²) >= 11 is 0. The van der Waals surface area contributed by atoms with E-state index < -0.39 is 0 Å². The predicted molar refractivity (Wildman–Crippen MR) is 67.7 cm³/mol. The number of hydrogen-bond donors (Lipinski definition) is 1. The van der Waals surface area contributed by atoms with Crippen molar-refractivity contribution < 1.29 is 0 Å². The molecule has 0 aromatic carbocycles. The van der Waals surface area contributed by atoms with Crippen LogP contribution >= 0.6 is 0 Å². The zero-order chi connectivity index (χ0) is 11.2. The van der Waals surface area contributed by atoms with Crippen molar-refractivity contribution in [2.45, 2.75) is 50.6 Å². The van der Waals surface area contributed by atoms with E-state index in [2.05, 4.69) is 22.4 Å². The number of aryl methyl sites for hydroxylation is 1. The van der Waals surface area contributed by atoms with Crippen LogP contribution < -0.4 is 5.32 Å². The summed E-state index contributed by atoms with van der Waals surface area (Å²) in [5.41, 5.74) is 2.80. The number of rotatable bonds is 4. The van der Waals surface area contributed by atoms with Crippen LogP contribution in [0.15, 0.2) is 18.3 Å². The number of nitrogens with one attached hydrogen (secondary N) is 1. The van der Waals surface area contributed by atoms with Gasteiger partial charge in [0.25, 0.3) is 0 Å². The fourth-order valence-corrected chi connectivity index (χ4v) is 3.37. The molecule has 2 nitrogen and oxygen atoms in total. The van der Waals surface area contributed by atoms with Gasteiger partial charge in [0, 0.05) is 12.2 Å². The highest BCUT2D eigenvalue weighted by atomic mass is 15.0. The third-order valence-electron chi connectivity index (χ3n) is 4.61. The second-order valence-corrected chi connectivity index (χ2v) is 6.01. The first kappa shape index (κ1) is 10.1. The van der Waals surface area contributed by atoms with Crippen LogP contribution in [0.4, 0.5) is 0 Å². The second-order valence-electron chi connectivity index (χ2n) is 6.01. The minimum absolute atomic E-state index is 0.539. The van der Waals surface area contributed by atoms with Gasteiger partial charge in [-0.05, 0) is 62.0 Å². The molecule has 0 amide bonds. The van der Waals surface area contributed by atoms with Crippen molar-refractivity contribution in [1.82, 2.24) is 10.3 Å². The molecule has 1 aromatic heterocycles. The molecule has 0 spiro atoms. The van der Waals surface area contributed by atoms with E-state index in [0.717, 1.165) is 17.9 Å². The SMILES string of the molecule is c1cnc2c(c1)CCC2NC(C1CC1)C1CC1. The van der Waals surface area contributed by atoms with E-state index in [0.29, 0.717) is 6.04 Å². The Morgan fingerprint density at radius 3 is 2.59 bits per heavy atom. The van der Waals surface area contributed by atoms with E-state index in [4.69, 9.17) is 0 Å². The summed E-state index contributed by atoms with van der Waals surface area (Å²) in [7, 11) is 0. The van der Waals surface area contributed by atoms with E-state index >= 15 is 0 Å². The molecule has 1 aromatic rings. The van der Waals surface area contributed by atoms with Gasteiger partial charge in [0.15, 0.2) is 0 Å². The number of hydrogen-bond acceptors (Lipinski definition) is 2. The van der Waals surface area contributed by atoms with E-state index in [1.165, 1.54) is 49.8 Å². The van der Waals surface area contributed by atoms with Crippen LogP contribution in [0.1, 0.15) is 49.4 Å². The molecule has 0 aliphatic heterocycles. The van der Waals surface area contributed by atoms with Gasteiger partial charge in [-0.3, -0.25) is 4.98 Å². The van der Waals surface area contributed by atoms with E-state index in [-0.39, 0.29) is 0 Å². The first-order chi connectivity index (χ1) is 8.42. The second kappa shape index (κ2) is 3.81. The molecule has 0 saturated heterocycles. The van der Waals surface area contributed by atoms with E-state index in [9.17, 15) is 0 Å². The standard InChI is InChI=1S/C15H20N2/c1-2-10-7-8-13(15(10)16-9-1)17-14(11-3-4-11)12-5-6-12/h1-2,9,11-14,17H,3-8H2. The Labute approximate surface area is 103 Å². The van der Waals surface area contributed by atoms with Gasteiger partial charge >= 0.3 is 0 Å². The molecule has 0 bridgehead atoms. The summed E-state index contributed by atoms with van der Waals surface area (Å²) in [5.74, 6) is 1.96. The predicted octanol–water partition coefficient (Wildman–Crippen LogP) is 2.85. The van der Waals surface area contributed by atoms with Crippen molar-refractivity contribution in [2.24, 2.45) is 11.8 Å². The summed E-state index contributed by atoms with van der Waals surface area (Å²) in [6.45, 7) is 0. The number of pyridine rings is 1. The van der Waals surface area contributed by atoms with Gasteiger partial charge in [-0.2, -0.15) is 0 Å². The first-order valence-electron chi connectivity index (χ1n) is 7.11. The summed E-state index contributed by atoms with van der Waals surface area (Å²) in [6, 6.07) is 5.65. The minimum atomic E-state index is 0.539. The van der Waals surface area contributed by atoms with Crippen molar-refractivity contribution in [1.29, 1.82) is 0 Å². The largest absolute Gasteiger partial charge is 0.305 e. The topological polar surface area (TPSA) is 24.9 Å². The molecule has 2 fully saturated rings. The molecule has 3 aliphatic carbocycles. The Morgan fingerprint density at radius 2 is 1.88 bits per heavy atom. The molecular formula is C15H20N2. The normalized spacial score (nSPS) is 27.5. The third-order valence-corrected chi connectivity index (χ3v) is 4.61. The Balaban J connectivity index is 1.52. The van der Waals surface area contributed by atoms with Crippen molar-refractivity contribution in [3.05, 3.63) is 29.6 Å². The highest BCUT2D eigenvalue weighted by Gasteiger charge is 2.43. The minimum Gasteiger partial charge on any atom is -0.305 e. The van der Waals surface area contributed by atoms with Gasteiger partial charge in [0.1, 0.15) is 0 Å². The number of fused-ring (bicyclic) bond motifs is 1. The zero-order valence-electron chi connectivity index (χ0n) is 10.2. The molecule has 2 saturated carbocycles. The van der Waals surface area contributed by atoms with Gasteiger partial charge in [0.05, 0.1) is 11.7 Å². The van der Waals surface area contributed by atoms with Crippen LogP contribution in [-0.4, -0.2) is 11.0 Å². The third kappa shape index (κ3) is 1.89. The maximum Gasteiger partial charge on any atom is 0.0605 e. The van der Waals surface area contributed by atoms with Crippen LogP contribution in [0, 0.1) is 11.8 Å². The Hall–Kier alpha value is -0.890. The molecule has 4 rings (SSSR count). The van der Waals surface area contributed by atoms with Crippen LogP contribution in [0.25, 0.3) is 0 Å². The van der Waals surface area contributed by atoms with Crippen LogP contribution in [0.2, 0.25) is 0 Å². The summed E-state index contributed by atoms with van der Waals surface area (Å²) in [5, 5.41) is 3.93. The lowest BCUT2D eigenvalue weighted by atomic mass is 10.1. The first-order valence-corrected chi connectivity index (χ1v) is 7.11. The van der Waals surface area contributed by atoms with Crippen molar-refractivity contribution in [3.8, 4) is 0 Å². The van der Waals surface area contributed by atoms with Crippen molar-refractivity contribution in [2.75, 3.05) is 0 Å². The monoisotopic (exact) mass is 228 g/mol. The van der Waals surface area contributed by atoms with E-state index in [1.807, 2.05) is 6.20 Å². The highest BCUT2D eigenvalue weighted by Crippen LogP contribution is 2.46. The lowest BCUT2D eigenvalue weighted by Crippen LogP contribution is -2.35. The molecule has 1 N–H and O–H groups in total. The Morgan fingerprint density at radius 1 is 1.12 bits per heavy atom. The van der Waals surface area contributed by atoms with Crippen LogP contribution in [0.3, 0.4) is 0 Å². The molecule has 3 aliphatic rings. The van der Waals surface area contributed by atoms with Crippen molar-refractivity contribution in [3.63, 3.8) is 0 Å². The van der Waals surface area contributed by atoms with Gasteiger partial charge in [-0.1, -0.05) is 6.07 Å². The average molecular weight is 228 g/mol. The quantitative estimate of drug-likeness (QED) is 0.857. The Kier molecular flexibility index (Phi) is 2.26. The molecule has 17 heavy (non-hydrogen) atoms. The van der Waals surface area contributed by atoms with Crippen LogP contribution in [0.5, 0.6) is 0 Å². The van der Waals surface area contributed by atoms with Crippen LogP contribution in [-0.2, 0) is 6.42 Å². The summed E-state index contributed by atoms with van der Waals surface area (Å²) in [6.07, 6.45) is 10.2. The van der Waals surface area contributed by atoms with Gasteiger partial charge < -0.3 is 5.32 Å². The molecule has 1 heterocycles. The Bertz CT molecular complexity index is 409. The fourth-order valence-electron chi connectivity index (χ4n) is 3.37. The van der Waals surface area contributed by atoms with Gasteiger partial charge in [-0.15, -0.1) is 0 Å². The zero-order valence-corrected chi connectivity index (χ0v) is 10.2. The maximum absolute atomic E-state index is 4.59. The van der Waals surface area contributed by atoms with E-state index in [1.54, 1.807) is 0 Å². The fraction of sp³-hybridized carbons (Fsp3) is 0.667. The molecule has 1 atom stereocenters. The summed E-state index contributed by atoms with van der Waals surface area (Å²) < 4.78 is 0. The lowest BCUT2D eigenvalue weighted by molar-refractivity contribution is 0.360. The number of aromatic nitrogens is 1. The highest BCUT2D eigenvalue weighted by molar-refractivity contribution is 5.28. The summed E-state index contributed by atoms with van der Waals surface area (Å²) in [4.78, 5) is 4.59. The molecule has 1 unspecified atom stereocenters. The van der Waals surface area contributed by atoms with Gasteiger partial charge in [-0.25, -0.2) is 0 Å². The molecule has 2 heteroatoms. The molecular weight excluding hydrogens is 208 g/mol. The van der Waals surface area contributed by atoms with Gasteiger partial charge in [0.2, 0.25) is 0 Å². The molecule has 0 radical (unpaired) electrons. The molecule has 90 valence electrons. The lowest BCUT2D eigenvalue weighted by Gasteiger charge is -2.23. The maximum atomic E-state index is 4.59. The number of nitrogens with zero attached hydrogens (tertiary/aromatic N) is 1.